The van der Waals surface area contributed by atoms with Crippen molar-refractivity contribution in [1.29, 1.82) is 0 Å². The molecular formula is C38H69O2PS2Zn. The van der Waals surface area contributed by atoms with Gasteiger partial charge in [-0.1, -0.05) is 193 Å². The van der Waals surface area contributed by atoms with E-state index >= 15 is 0 Å². The van der Waals surface area contributed by atoms with Crippen molar-refractivity contribution in [2.24, 2.45) is 0 Å². The average Bonchev–Trinajstić information content (AvgIpc) is 2.97. The van der Waals surface area contributed by atoms with Crippen LogP contribution in [0.3, 0.4) is 0 Å². The second-order valence-electron chi connectivity index (χ2n) is 13.1. The van der Waals surface area contributed by atoms with Crippen molar-refractivity contribution < 1.29 is 28.9 Å². The van der Waals surface area contributed by atoms with Crippen LogP contribution in [0.25, 0.3) is 0 Å². The molecule has 0 N–H and O–H groups in total. The van der Waals surface area contributed by atoms with Crippen LogP contribution in [0, 0.1) is 0 Å². The number of hydrogen-bond acceptors (Lipinski definition) is 4. The summed E-state index contributed by atoms with van der Waals surface area (Å²) >= 11 is 9.93. The van der Waals surface area contributed by atoms with Gasteiger partial charge in [0.05, 0.1) is 0 Å². The molecule has 0 unspecified atom stereocenters. The normalized spacial score (nSPS) is 11.6. The molecule has 0 radical (unpaired) electrons. The summed E-state index contributed by atoms with van der Waals surface area (Å²) in [5, 5.41) is 0. The standard InChI is InChI=1S/C38H71O2PS2.Zn/c1-3-5-7-9-11-13-15-17-19-21-23-25-27-29-32-36-33-31-35-38(40-41(39,42)43)37(36)34-30-28-26-24-22-20-18-16-14-12-10-8-6-4-2;/h31,33,35H,3-30,32,34H2,1-2H3,(H2,39,42,43);/q;+2/p-2. The summed E-state index contributed by atoms with van der Waals surface area (Å²) in [6.45, 7) is 4.58. The Balaban J connectivity index is 0.0000185. The van der Waals surface area contributed by atoms with E-state index in [1.807, 2.05) is 12.1 Å². The number of hydrogen-bond donors (Lipinski definition) is 0. The van der Waals surface area contributed by atoms with Gasteiger partial charge in [0.15, 0.2) is 5.75 Å². The summed E-state index contributed by atoms with van der Waals surface area (Å²) in [6, 6.07) is 6.16. The first-order chi connectivity index (χ1) is 21.0. The molecule has 0 saturated carbocycles. The molecule has 1 rings (SSSR count). The first-order valence-corrected chi connectivity index (χ1v) is 22.5. The SMILES string of the molecule is CCCCCCCCCCCCCCCCc1cccc(O[P+]([O-])([S-])[S-])c1CCCCCCCCCCCCCCCC.[Zn+2]. The van der Waals surface area contributed by atoms with E-state index in [0.717, 1.165) is 19.3 Å². The molecule has 1 aromatic rings. The van der Waals surface area contributed by atoms with E-state index in [1.54, 1.807) is 0 Å². The molecule has 252 valence electrons. The first kappa shape index (κ1) is 44.7. The molecule has 0 atom stereocenters. The summed E-state index contributed by atoms with van der Waals surface area (Å²) in [5.41, 5.74) is 2.54. The van der Waals surface area contributed by atoms with Crippen molar-refractivity contribution in [3.05, 3.63) is 29.3 Å². The van der Waals surface area contributed by atoms with Crippen LogP contribution in [0.5, 0.6) is 5.75 Å². The van der Waals surface area contributed by atoms with Gasteiger partial charge in [0, 0.05) is 5.56 Å². The van der Waals surface area contributed by atoms with Crippen molar-refractivity contribution in [1.82, 2.24) is 0 Å². The number of rotatable bonds is 32. The summed E-state index contributed by atoms with van der Waals surface area (Å²) in [4.78, 5) is 12.2. The molecule has 0 aliphatic carbocycles. The van der Waals surface area contributed by atoms with Gasteiger partial charge in [-0.3, -0.25) is 0 Å². The van der Waals surface area contributed by atoms with Gasteiger partial charge in [0.25, 0.3) is 0 Å². The van der Waals surface area contributed by atoms with Crippen LogP contribution in [0.2, 0.25) is 0 Å². The van der Waals surface area contributed by atoms with Gasteiger partial charge in [-0.05, 0) is 37.3 Å². The monoisotopic (exact) mass is 716 g/mol. The zero-order valence-electron chi connectivity index (χ0n) is 29.2. The molecule has 0 heterocycles. The van der Waals surface area contributed by atoms with Gasteiger partial charge in [-0.2, -0.15) is 0 Å². The molecule has 0 fully saturated rings. The van der Waals surface area contributed by atoms with Crippen molar-refractivity contribution in [3.8, 4) is 5.75 Å². The minimum atomic E-state index is -3.40. The Morgan fingerprint density at radius 2 is 0.818 bits per heavy atom. The van der Waals surface area contributed by atoms with E-state index in [9.17, 15) is 4.89 Å². The third kappa shape index (κ3) is 27.8. The number of benzene rings is 1. The van der Waals surface area contributed by atoms with Crippen LogP contribution in [0.4, 0.5) is 0 Å². The Labute approximate surface area is 299 Å². The molecule has 0 saturated heterocycles. The molecule has 0 bridgehead atoms. The maximum Gasteiger partial charge on any atom is 2.00 e. The van der Waals surface area contributed by atoms with Gasteiger partial charge < -0.3 is 33.9 Å². The molecule has 1 aromatic carbocycles. The van der Waals surface area contributed by atoms with Crippen LogP contribution < -0.4 is 9.42 Å². The Morgan fingerprint density at radius 3 is 1.16 bits per heavy atom. The molecule has 0 aliphatic rings. The van der Waals surface area contributed by atoms with Crippen molar-refractivity contribution in [2.45, 2.75) is 206 Å². The van der Waals surface area contributed by atoms with Gasteiger partial charge in [0.1, 0.15) is 0 Å². The van der Waals surface area contributed by atoms with E-state index in [1.165, 1.54) is 184 Å². The molecule has 6 heteroatoms. The zero-order valence-corrected chi connectivity index (χ0v) is 34.7. The van der Waals surface area contributed by atoms with Crippen LogP contribution in [-0.2, 0) is 56.8 Å². The van der Waals surface area contributed by atoms with Crippen LogP contribution >= 0.6 is 6.12 Å². The van der Waals surface area contributed by atoms with Crippen LogP contribution in [0.15, 0.2) is 18.2 Å². The van der Waals surface area contributed by atoms with E-state index < -0.39 is 6.12 Å². The minimum absolute atomic E-state index is 0. The van der Waals surface area contributed by atoms with Crippen molar-refractivity contribution >= 4 is 30.6 Å². The van der Waals surface area contributed by atoms with Gasteiger partial charge in [0.2, 0.25) is 0 Å². The van der Waals surface area contributed by atoms with Crippen LogP contribution in [-0.4, -0.2) is 0 Å². The summed E-state index contributed by atoms with van der Waals surface area (Å²) in [6.07, 6.45) is 37.0. The van der Waals surface area contributed by atoms with Crippen LogP contribution in [0.1, 0.15) is 205 Å². The van der Waals surface area contributed by atoms with E-state index in [-0.39, 0.29) is 19.5 Å². The second-order valence-corrected chi connectivity index (χ2v) is 17.8. The van der Waals surface area contributed by atoms with Gasteiger partial charge in [-0.25, -0.2) is 0 Å². The Hall–Kier alpha value is 0.733. The molecule has 0 amide bonds. The minimum Gasteiger partial charge on any atom is -0.682 e. The molecule has 0 aromatic heterocycles. The molecule has 0 spiro atoms. The quantitative estimate of drug-likeness (QED) is 0.0321. The summed E-state index contributed by atoms with van der Waals surface area (Å²) in [7, 11) is 0. The first-order valence-electron chi connectivity index (χ1n) is 18.8. The maximum absolute atomic E-state index is 12.2. The van der Waals surface area contributed by atoms with Crippen molar-refractivity contribution in [3.63, 3.8) is 0 Å². The summed E-state index contributed by atoms with van der Waals surface area (Å²) in [5.74, 6) is 0.672. The Bertz CT molecular complexity index is 744. The smallest absolute Gasteiger partial charge is 0.682 e. The Morgan fingerprint density at radius 1 is 0.500 bits per heavy atom. The summed E-state index contributed by atoms with van der Waals surface area (Å²) < 4.78 is 5.65. The second kappa shape index (κ2) is 32.3. The van der Waals surface area contributed by atoms with Crippen molar-refractivity contribution in [2.75, 3.05) is 0 Å². The molecular weight excluding hydrogens is 649 g/mol. The fraction of sp³-hybridized carbons (Fsp3) is 0.842. The Kier molecular flexibility index (Phi) is 32.8. The maximum atomic E-state index is 12.2. The zero-order chi connectivity index (χ0) is 31.3. The molecule has 2 nitrogen and oxygen atoms in total. The van der Waals surface area contributed by atoms with E-state index in [0.29, 0.717) is 5.75 Å². The molecule has 44 heavy (non-hydrogen) atoms. The fourth-order valence-corrected chi connectivity index (χ4v) is 7.24. The number of aryl methyl sites for hydroxylation is 1. The van der Waals surface area contributed by atoms with Gasteiger partial charge in [-0.15, -0.1) is 6.12 Å². The van der Waals surface area contributed by atoms with Gasteiger partial charge >= 0.3 is 19.5 Å². The third-order valence-corrected chi connectivity index (χ3v) is 9.89. The number of unbranched alkanes of at least 4 members (excludes halogenated alkanes) is 26. The average molecular weight is 718 g/mol. The predicted octanol–water partition coefficient (Wildman–Crippen LogP) is 13.2. The fourth-order valence-electron chi connectivity index (χ4n) is 6.34. The van der Waals surface area contributed by atoms with E-state index in [4.69, 9.17) is 29.0 Å². The predicted molar refractivity (Wildman–Crippen MR) is 197 cm³/mol. The van der Waals surface area contributed by atoms with E-state index in [2.05, 4.69) is 19.9 Å². The third-order valence-electron chi connectivity index (χ3n) is 9.02. The molecule has 0 aliphatic heterocycles. The largest absolute Gasteiger partial charge is 2.00 e. The topological polar surface area (TPSA) is 32.3 Å².